The predicted octanol–water partition coefficient (Wildman–Crippen LogP) is 2.64. The molecule has 8 heteroatoms. The van der Waals surface area contributed by atoms with Gasteiger partial charge in [0.05, 0.1) is 28.4 Å². The molecule has 0 saturated heterocycles. The van der Waals surface area contributed by atoms with E-state index in [0.717, 1.165) is 11.1 Å². The lowest BCUT2D eigenvalue weighted by Gasteiger charge is -2.10. The van der Waals surface area contributed by atoms with Crippen molar-refractivity contribution in [2.45, 2.75) is 6.42 Å². The second-order valence-electron chi connectivity index (χ2n) is 6.34. The Balaban J connectivity index is 1.76. The average molecular weight is 429 g/mol. The van der Waals surface area contributed by atoms with Crippen molar-refractivity contribution >= 4 is 18.0 Å². The molecule has 0 aliphatic rings. The quantitative estimate of drug-likeness (QED) is 0.434. The molecule has 0 saturated carbocycles. The normalized spacial score (nSPS) is 10.5. The van der Waals surface area contributed by atoms with Crippen LogP contribution in [0.5, 0.6) is 23.0 Å². The minimum absolute atomic E-state index is 0.360. The Labute approximate surface area is 181 Å². The fourth-order valence-corrected chi connectivity index (χ4v) is 2.74. The Bertz CT molecular complexity index is 924. The lowest BCUT2D eigenvalue weighted by molar-refractivity contribution is -0.143. The summed E-state index contributed by atoms with van der Waals surface area (Å²) >= 11 is 0. The molecule has 31 heavy (non-hydrogen) atoms. The zero-order chi connectivity index (χ0) is 22.6. The van der Waals surface area contributed by atoms with Gasteiger partial charge in [0.2, 0.25) is 0 Å². The predicted molar refractivity (Wildman–Crippen MR) is 116 cm³/mol. The highest BCUT2D eigenvalue weighted by Crippen LogP contribution is 2.28. The number of hydrogen-bond acceptors (Lipinski definition) is 7. The second kappa shape index (κ2) is 12.1. The number of esters is 1. The first-order chi connectivity index (χ1) is 15.0. The van der Waals surface area contributed by atoms with Gasteiger partial charge in [0, 0.05) is 12.6 Å². The molecule has 0 unspecified atom stereocenters. The SMILES string of the molecule is COc1ccc(/C=C/C(=O)OCC(=O)NCCc2ccc(OC)c(OC)c2)cc1OC. The standard InChI is InChI=1S/C23H27NO7/c1-27-18-8-5-16(13-20(18)29-3)7-10-23(26)31-15-22(25)24-12-11-17-6-9-19(28-2)21(14-17)30-4/h5-10,13-14H,11-12,15H2,1-4H3,(H,24,25)/b10-7+. The van der Waals surface area contributed by atoms with Crippen LogP contribution in [-0.2, 0) is 20.7 Å². The molecule has 2 aromatic carbocycles. The van der Waals surface area contributed by atoms with Gasteiger partial charge in [-0.05, 0) is 47.9 Å². The van der Waals surface area contributed by atoms with Crippen molar-refractivity contribution in [1.29, 1.82) is 0 Å². The molecule has 0 heterocycles. The molecule has 0 aliphatic heterocycles. The molecule has 1 amide bonds. The van der Waals surface area contributed by atoms with Crippen LogP contribution in [-0.4, -0.2) is 53.5 Å². The van der Waals surface area contributed by atoms with E-state index in [0.29, 0.717) is 36.0 Å². The molecule has 166 valence electrons. The van der Waals surface area contributed by atoms with Crippen molar-refractivity contribution in [3.63, 3.8) is 0 Å². The summed E-state index contributed by atoms with van der Waals surface area (Å²) in [6, 6.07) is 10.8. The molecule has 0 aliphatic carbocycles. The van der Waals surface area contributed by atoms with Crippen LogP contribution in [0.4, 0.5) is 0 Å². The lowest BCUT2D eigenvalue weighted by Crippen LogP contribution is -2.30. The third-order valence-electron chi connectivity index (χ3n) is 4.35. The Hall–Kier alpha value is -3.68. The summed E-state index contributed by atoms with van der Waals surface area (Å²) in [7, 11) is 6.21. The second-order valence-corrected chi connectivity index (χ2v) is 6.34. The van der Waals surface area contributed by atoms with E-state index in [2.05, 4.69) is 5.32 Å². The van der Waals surface area contributed by atoms with Gasteiger partial charge in [-0.15, -0.1) is 0 Å². The molecule has 0 radical (unpaired) electrons. The molecule has 1 N–H and O–H groups in total. The van der Waals surface area contributed by atoms with Gasteiger partial charge >= 0.3 is 5.97 Å². The first kappa shape index (κ1) is 23.6. The molecular weight excluding hydrogens is 402 g/mol. The maximum Gasteiger partial charge on any atom is 0.331 e. The van der Waals surface area contributed by atoms with Crippen LogP contribution in [0.2, 0.25) is 0 Å². The van der Waals surface area contributed by atoms with Gasteiger partial charge in [-0.1, -0.05) is 12.1 Å². The minimum atomic E-state index is -0.621. The largest absolute Gasteiger partial charge is 0.493 e. The van der Waals surface area contributed by atoms with E-state index in [9.17, 15) is 9.59 Å². The summed E-state index contributed by atoms with van der Waals surface area (Å²) < 4.78 is 25.8. The molecule has 0 spiro atoms. The van der Waals surface area contributed by atoms with E-state index >= 15 is 0 Å². The molecule has 0 atom stereocenters. The highest BCUT2D eigenvalue weighted by atomic mass is 16.5. The van der Waals surface area contributed by atoms with Gasteiger partial charge < -0.3 is 29.0 Å². The zero-order valence-electron chi connectivity index (χ0n) is 18.1. The van der Waals surface area contributed by atoms with Gasteiger partial charge in [-0.2, -0.15) is 0 Å². The van der Waals surface area contributed by atoms with E-state index in [-0.39, 0.29) is 12.5 Å². The molecule has 8 nitrogen and oxygen atoms in total. The smallest absolute Gasteiger partial charge is 0.331 e. The van der Waals surface area contributed by atoms with E-state index in [1.54, 1.807) is 45.6 Å². The van der Waals surface area contributed by atoms with Gasteiger partial charge in [-0.3, -0.25) is 4.79 Å². The van der Waals surface area contributed by atoms with Crippen LogP contribution < -0.4 is 24.3 Å². The fraction of sp³-hybridized carbons (Fsp3) is 0.304. The minimum Gasteiger partial charge on any atom is -0.493 e. The van der Waals surface area contributed by atoms with Crippen LogP contribution in [0.3, 0.4) is 0 Å². The summed E-state index contributed by atoms with van der Waals surface area (Å²) in [5.41, 5.74) is 1.71. The maximum absolute atomic E-state index is 11.9. The number of amides is 1. The molecule has 2 aromatic rings. The van der Waals surface area contributed by atoms with Gasteiger partial charge in [0.15, 0.2) is 29.6 Å². The van der Waals surface area contributed by atoms with Crippen molar-refractivity contribution in [3.8, 4) is 23.0 Å². The van der Waals surface area contributed by atoms with E-state index in [4.69, 9.17) is 23.7 Å². The van der Waals surface area contributed by atoms with E-state index in [1.165, 1.54) is 13.2 Å². The average Bonchev–Trinajstić information content (AvgIpc) is 2.80. The Kier molecular flexibility index (Phi) is 9.22. The first-order valence-corrected chi connectivity index (χ1v) is 9.55. The lowest BCUT2D eigenvalue weighted by atomic mass is 10.1. The number of hydrogen-bond donors (Lipinski definition) is 1. The number of carbonyl (C=O) groups excluding carboxylic acids is 2. The summed E-state index contributed by atoms with van der Waals surface area (Å²) in [5.74, 6) is 1.40. The van der Waals surface area contributed by atoms with Crippen molar-refractivity contribution in [3.05, 3.63) is 53.6 Å². The van der Waals surface area contributed by atoms with Crippen LogP contribution in [0.25, 0.3) is 6.08 Å². The first-order valence-electron chi connectivity index (χ1n) is 9.55. The summed E-state index contributed by atoms with van der Waals surface area (Å²) in [5, 5.41) is 2.71. The molecule has 0 fully saturated rings. The number of nitrogens with one attached hydrogen (secondary N) is 1. The highest BCUT2D eigenvalue weighted by molar-refractivity contribution is 5.89. The van der Waals surface area contributed by atoms with Crippen molar-refractivity contribution in [2.24, 2.45) is 0 Å². The van der Waals surface area contributed by atoms with Gasteiger partial charge in [0.25, 0.3) is 5.91 Å². The van der Waals surface area contributed by atoms with Crippen molar-refractivity contribution < 1.29 is 33.3 Å². The van der Waals surface area contributed by atoms with E-state index < -0.39 is 5.97 Å². The number of rotatable bonds is 11. The summed E-state index contributed by atoms with van der Waals surface area (Å²) in [6.07, 6.45) is 3.41. The number of ether oxygens (including phenoxy) is 5. The molecule has 2 rings (SSSR count). The summed E-state index contributed by atoms with van der Waals surface area (Å²) in [4.78, 5) is 23.8. The number of benzene rings is 2. The van der Waals surface area contributed by atoms with Gasteiger partial charge in [-0.25, -0.2) is 4.79 Å². The van der Waals surface area contributed by atoms with Gasteiger partial charge in [0.1, 0.15) is 0 Å². The fourth-order valence-electron chi connectivity index (χ4n) is 2.74. The van der Waals surface area contributed by atoms with E-state index in [1.807, 2.05) is 18.2 Å². The zero-order valence-corrected chi connectivity index (χ0v) is 18.1. The van der Waals surface area contributed by atoms with Crippen molar-refractivity contribution in [1.82, 2.24) is 5.32 Å². The summed E-state index contributed by atoms with van der Waals surface area (Å²) in [6.45, 7) is 0.0361. The highest BCUT2D eigenvalue weighted by Gasteiger charge is 2.08. The Morgan fingerprint density at radius 2 is 1.45 bits per heavy atom. The van der Waals surface area contributed by atoms with Crippen LogP contribution in [0.15, 0.2) is 42.5 Å². The number of methoxy groups -OCH3 is 4. The third kappa shape index (κ3) is 7.26. The molecule has 0 aromatic heterocycles. The van der Waals surface area contributed by atoms with Crippen LogP contribution in [0, 0.1) is 0 Å². The Morgan fingerprint density at radius 3 is 2.10 bits per heavy atom. The molecular formula is C23H27NO7. The number of carbonyl (C=O) groups is 2. The third-order valence-corrected chi connectivity index (χ3v) is 4.35. The van der Waals surface area contributed by atoms with Crippen LogP contribution in [0.1, 0.15) is 11.1 Å². The van der Waals surface area contributed by atoms with Crippen LogP contribution >= 0.6 is 0 Å². The topological polar surface area (TPSA) is 92.3 Å². The molecule has 0 bridgehead atoms. The van der Waals surface area contributed by atoms with Crippen molar-refractivity contribution in [2.75, 3.05) is 41.6 Å². The monoisotopic (exact) mass is 429 g/mol. The maximum atomic E-state index is 11.9. The Morgan fingerprint density at radius 1 is 0.839 bits per heavy atom.